The van der Waals surface area contributed by atoms with Crippen LogP contribution < -0.4 is 20.1 Å². The van der Waals surface area contributed by atoms with Gasteiger partial charge in [-0.3, -0.25) is 0 Å². The Balaban J connectivity index is 1.63. The molecule has 0 bridgehead atoms. The summed E-state index contributed by atoms with van der Waals surface area (Å²) >= 11 is 6.27. The maximum atomic E-state index is 6.27. The number of aliphatic imine (C=N–C) groups is 1. The van der Waals surface area contributed by atoms with Crippen molar-refractivity contribution in [3.05, 3.63) is 22.7 Å². The molecule has 0 aromatic heterocycles. The van der Waals surface area contributed by atoms with E-state index in [0.717, 1.165) is 44.2 Å². The van der Waals surface area contributed by atoms with Gasteiger partial charge in [-0.2, -0.15) is 0 Å². The van der Waals surface area contributed by atoms with E-state index in [4.69, 9.17) is 25.8 Å². The van der Waals surface area contributed by atoms with Crippen LogP contribution in [0.15, 0.2) is 17.1 Å². The van der Waals surface area contributed by atoms with Crippen molar-refractivity contribution < 1.29 is 14.2 Å². The average molecular weight is 354 g/mol. The number of hydrogen-bond acceptors (Lipinski definition) is 4. The Kier molecular flexibility index (Phi) is 6.04. The zero-order valence-corrected chi connectivity index (χ0v) is 14.7. The third-order valence-electron chi connectivity index (χ3n) is 4.00. The van der Waals surface area contributed by atoms with Gasteiger partial charge in [0.15, 0.2) is 17.5 Å². The first-order valence-electron chi connectivity index (χ1n) is 8.44. The van der Waals surface area contributed by atoms with Crippen molar-refractivity contribution in [1.29, 1.82) is 0 Å². The highest BCUT2D eigenvalue weighted by Gasteiger charge is 2.17. The van der Waals surface area contributed by atoms with Gasteiger partial charge in [-0.1, -0.05) is 11.6 Å². The van der Waals surface area contributed by atoms with Gasteiger partial charge in [0.2, 0.25) is 0 Å². The van der Waals surface area contributed by atoms with Crippen LogP contribution in [0.4, 0.5) is 0 Å². The molecule has 24 heavy (non-hydrogen) atoms. The smallest absolute Gasteiger partial charge is 0.191 e. The second-order valence-corrected chi connectivity index (χ2v) is 6.31. The lowest BCUT2D eigenvalue weighted by molar-refractivity contribution is 0.171. The van der Waals surface area contributed by atoms with Crippen LogP contribution >= 0.6 is 11.6 Å². The monoisotopic (exact) mass is 353 g/mol. The molecule has 2 heterocycles. The average Bonchev–Trinajstić information content (AvgIpc) is 3.11. The number of benzene rings is 1. The van der Waals surface area contributed by atoms with Crippen molar-refractivity contribution in [3.8, 4) is 11.5 Å². The summed E-state index contributed by atoms with van der Waals surface area (Å²) < 4.78 is 16.6. The summed E-state index contributed by atoms with van der Waals surface area (Å²) in [6.45, 7) is 7.01. The standard InChI is InChI=1S/C17H24ClN3O3/c1-2-19-17(20-9-12-3-4-22-11-12)21-10-13-7-14(18)16-15(8-13)23-5-6-24-16/h7-8,12H,2-6,9-11H2,1H3,(H2,19,20,21). The van der Waals surface area contributed by atoms with Crippen LogP contribution in [0.5, 0.6) is 11.5 Å². The molecule has 2 aliphatic heterocycles. The van der Waals surface area contributed by atoms with E-state index in [-0.39, 0.29) is 0 Å². The van der Waals surface area contributed by atoms with E-state index in [9.17, 15) is 0 Å². The van der Waals surface area contributed by atoms with Gasteiger partial charge in [-0.15, -0.1) is 0 Å². The van der Waals surface area contributed by atoms with Crippen LogP contribution in [0.3, 0.4) is 0 Å². The molecule has 132 valence electrons. The van der Waals surface area contributed by atoms with Crippen LogP contribution in [-0.2, 0) is 11.3 Å². The molecule has 0 saturated carbocycles. The Morgan fingerprint density at radius 2 is 2.12 bits per heavy atom. The molecule has 2 N–H and O–H groups in total. The predicted octanol–water partition coefficient (Wildman–Crippen LogP) is 2.20. The molecule has 0 aliphatic carbocycles. The lowest BCUT2D eigenvalue weighted by Gasteiger charge is -2.20. The topological polar surface area (TPSA) is 64.1 Å². The summed E-state index contributed by atoms with van der Waals surface area (Å²) in [4.78, 5) is 4.63. The van der Waals surface area contributed by atoms with Crippen molar-refractivity contribution in [2.24, 2.45) is 10.9 Å². The zero-order valence-electron chi connectivity index (χ0n) is 13.9. The fourth-order valence-electron chi connectivity index (χ4n) is 2.75. The zero-order chi connectivity index (χ0) is 16.8. The first-order valence-corrected chi connectivity index (χ1v) is 8.82. The summed E-state index contributed by atoms with van der Waals surface area (Å²) in [5.74, 6) is 2.68. The summed E-state index contributed by atoms with van der Waals surface area (Å²) in [7, 11) is 0. The number of halogens is 1. The molecular formula is C17H24ClN3O3. The van der Waals surface area contributed by atoms with Gasteiger partial charge >= 0.3 is 0 Å². The van der Waals surface area contributed by atoms with Gasteiger partial charge in [0.05, 0.1) is 18.2 Å². The third kappa shape index (κ3) is 4.45. The minimum absolute atomic E-state index is 0.521. The highest BCUT2D eigenvalue weighted by molar-refractivity contribution is 6.32. The number of hydrogen-bond donors (Lipinski definition) is 2. The van der Waals surface area contributed by atoms with E-state index in [2.05, 4.69) is 22.5 Å². The van der Waals surface area contributed by atoms with Gasteiger partial charge in [-0.05, 0) is 31.0 Å². The molecule has 1 aromatic carbocycles. The number of guanidine groups is 1. The summed E-state index contributed by atoms with van der Waals surface area (Å²) in [6, 6.07) is 3.82. The number of fused-ring (bicyclic) bond motifs is 1. The van der Waals surface area contributed by atoms with E-state index in [1.165, 1.54) is 0 Å². The van der Waals surface area contributed by atoms with Gasteiger partial charge in [-0.25, -0.2) is 4.99 Å². The summed E-state index contributed by atoms with van der Waals surface area (Å²) in [6.07, 6.45) is 1.10. The number of rotatable bonds is 5. The van der Waals surface area contributed by atoms with Crippen molar-refractivity contribution in [3.63, 3.8) is 0 Å². The minimum Gasteiger partial charge on any atom is -0.486 e. The first kappa shape index (κ1) is 17.2. The molecule has 1 unspecified atom stereocenters. The molecule has 1 aromatic rings. The molecular weight excluding hydrogens is 330 g/mol. The molecule has 0 amide bonds. The number of ether oxygens (including phenoxy) is 3. The Morgan fingerprint density at radius 1 is 1.25 bits per heavy atom. The quantitative estimate of drug-likeness (QED) is 0.627. The highest BCUT2D eigenvalue weighted by Crippen LogP contribution is 2.38. The van der Waals surface area contributed by atoms with E-state index in [0.29, 0.717) is 42.2 Å². The van der Waals surface area contributed by atoms with Crippen LogP contribution in [0.2, 0.25) is 5.02 Å². The van der Waals surface area contributed by atoms with Crippen molar-refractivity contribution >= 4 is 17.6 Å². The molecule has 1 saturated heterocycles. The molecule has 1 atom stereocenters. The van der Waals surface area contributed by atoms with Crippen molar-refractivity contribution in [2.75, 3.05) is 39.5 Å². The first-order chi connectivity index (χ1) is 11.8. The normalized spacial score (nSPS) is 20.1. The Bertz CT molecular complexity index is 589. The van der Waals surface area contributed by atoms with Gasteiger partial charge in [0.1, 0.15) is 13.2 Å². The molecule has 0 spiro atoms. The molecule has 2 aliphatic rings. The fraction of sp³-hybridized carbons (Fsp3) is 0.588. The Labute approximate surface area is 147 Å². The number of nitrogens with zero attached hydrogens (tertiary/aromatic N) is 1. The Morgan fingerprint density at radius 3 is 2.92 bits per heavy atom. The van der Waals surface area contributed by atoms with Crippen molar-refractivity contribution in [2.45, 2.75) is 19.9 Å². The minimum atomic E-state index is 0.521. The van der Waals surface area contributed by atoms with Crippen LogP contribution in [0, 0.1) is 5.92 Å². The van der Waals surface area contributed by atoms with Gasteiger partial charge < -0.3 is 24.8 Å². The van der Waals surface area contributed by atoms with Crippen LogP contribution in [0.1, 0.15) is 18.9 Å². The lowest BCUT2D eigenvalue weighted by Crippen LogP contribution is -2.39. The predicted molar refractivity (Wildman–Crippen MR) is 94.2 cm³/mol. The van der Waals surface area contributed by atoms with E-state index in [1.54, 1.807) is 0 Å². The highest BCUT2D eigenvalue weighted by atomic mass is 35.5. The third-order valence-corrected chi connectivity index (χ3v) is 4.28. The van der Waals surface area contributed by atoms with Gasteiger partial charge in [0.25, 0.3) is 0 Å². The maximum absolute atomic E-state index is 6.27. The SMILES string of the molecule is CCNC(=NCc1cc(Cl)c2c(c1)OCCO2)NCC1CCOC1. The van der Waals surface area contributed by atoms with Gasteiger partial charge in [0, 0.05) is 25.6 Å². The molecule has 3 rings (SSSR count). The largest absolute Gasteiger partial charge is 0.486 e. The van der Waals surface area contributed by atoms with Crippen LogP contribution in [0.25, 0.3) is 0 Å². The van der Waals surface area contributed by atoms with Crippen molar-refractivity contribution in [1.82, 2.24) is 10.6 Å². The maximum Gasteiger partial charge on any atom is 0.191 e. The lowest BCUT2D eigenvalue weighted by atomic mass is 10.1. The molecule has 1 fully saturated rings. The van der Waals surface area contributed by atoms with Crippen LogP contribution in [-0.4, -0.2) is 45.5 Å². The molecule has 0 radical (unpaired) electrons. The summed E-state index contributed by atoms with van der Waals surface area (Å²) in [5, 5.41) is 7.21. The van der Waals surface area contributed by atoms with E-state index >= 15 is 0 Å². The number of nitrogens with one attached hydrogen (secondary N) is 2. The van der Waals surface area contributed by atoms with E-state index in [1.807, 2.05) is 12.1 Å². The molecule has 7 heteroatoms. The second kappa shape index (κ2) is 8.44. The Hall–Kier alpha value is -1.66. The summed E-state index contributed by atoms with van der Waals surface area (Å²) in [5.41, 5.74) is 0.991. The second-order valence-electron chi connectivity index (χ2n) is 5.91. The fourth-order valence-corrected chi connectivity index (χ4v) is 3.04. The van der Waals surface area contributed by atoms with E-state index < -0.39 is 0 Å². The molecule has 6 nitrogen and oxygen atoms in total.